The zero-order chi connectivity index (χ0) is 14.4. The average molecular weight is 334 g/mol. The highest BCUT2D eigenvalue weighted by Gasteiger charge is 2.15. The van der Waals surface area contributed by atoms with Crippen molar-refractivity contribution in [3.8, 4) is 0 Å². The zero-order valence-corrected chi connectivity index (χ0v) is 11.7. The molecule has 5 nitrogen and oxygen atoms in total. The Hall–Kier alpha value is -1.47. The minimum absolute atomic E-state index is 0.0375. The van der Waals surface area contributed by atoms with Crippen molar-refractivity contribution in [3.63, 3.8) is 0 Å². The van der Waals surface area contributed by atoms with Crippen LogP contribution in [0.1, 0.15) is 16.8 Å². The molecule has 0 saturated heterocycles. The van der Waals surface area contributed by atoms with Gasteiger partial charge in [0.1, 0.15) is 5.82 Å². The Balaban J connectivity index is 2.61. The molecule has 7 heteroatoms. The lowest BCUT2D eigenvalue weighted by Crippen LogP contribution is -2.34. The summed E-state index contributed by atoms with van der Waals surface area (Å²) in [6, 6.07) is 3.80. The number of rotatable bonds is 6. The maximum Gasteiger partial charge on any atom is 0.306 e. The second kappa shape index (κ2) is 7.20. The van der Waals surface area contributed by atoms with Crippen molar-refractivity contribution in [1.82, 2.24) is 5.32 Å². The fourth-order valence-corrected chi connectivity index (χ4v) is 1.89. The number of carboxylic acids is 1. The van der Waals surface area contributed by atoms with Crippen molar-refractivity contribution in [1.29, 1.82) is 0 Å². The van der Waals surface area contributed by atoms with Crippen LogP contribution in [0.4, 0.5) is 4.39 Å². The number of hydrogen-bond donors (Lipinski definition) is 2. The van der Waals surface area contributed by atoms with E-state index in [-0.39, 0.29) is 18.5 Å². The standard InChI is InChI=1S/C12H13BrFNO4/c1-19-10(5-11(16)17)6-15-12(18)7-2-8(13)4-9(14)3-7/h2-4,10H,5-6H2,1H3,(H,15,18)(H,16,17). The third-order valence-corrected chi connectivity index (χ3v) is 2.81. The van der Waals surface area contributed by atoms with Gasteiger partial charge in [-0.15, -0.1) is 0 Å². The van der Waals surface area contributed by atoms with Crippen LogP contribution in [0.2, 0.25) is 0 Å². The Bertz CT molecular complexity index is 461. The molecule has 1 atom stereocenters. The van der Waals surface area contributed by atoms with Gasteiger partial charge in [-0.3, -0.25) is 9.59 Å². The molecular formula is C12H13BrFNO4. The molecule has 1 aromatic rings. The number of aliphatic carboxylic acids is 1. The van der Waals surface area contributed by atoms with Gasteiger partial charge in [0.15, 0.2) is 0 Å². The normalized spacial score (nSPS) is 11.9. The number of carbonyl (C=O) groups excluding carboxylic acids is 1. The van der Waals surface area contributed by atoms with Crippen molar-refractivity contribution in [2.75, 3.05) is 13.7 Å². The molecule has 0 saturated carbocycles. The Morgan fingerprint density at radius 2 is 2.16 bits per heavy atom. The summed E-state index contributed by atoms with van der Waals surface area (Å²) in [7, 11) is 1.36. The smallest absolute Gasteiger partial charge is 0.306 e. The van der Waals surface area contributed by atoms with Crippen LogP contribution in [0.25, 0.3) is 0 Å². The number of methoxy groups -OCH3 is 1. The number of carbonyl (C=O) groups is 2. The number of carboxylic acid groups (broad SMARTS) is 1. The van der Waals surface area contributed by atoms with Crippen LogP contribution in [0.3, 0.4) is 0 Å². The Morgan fingerprint density at radius 3 is 2.68 bits per heavy atom. The maximum absolute atomic E-state index is 13.1. The molecule has 19 heavy (non-hydrogen) atoms. The van der Waals surface area contributed by atoms with E-state index < -0.39 is 23.8 Å². The van der Waals surface area contributed by atoms with Gasteiger partial charge in [0.2, 0.25) is 0 Å². The summed E-state index contributed by atoms with van der Waals surface area (Å²) in [5, 5.41) is 11.1. The number of halogens is 2. The lowest BCUT2D eigenvalue weighted by Gasteiger charge is -2.14. The van der Waals surface area contributed by atoms with Gasteiger partial charge in [0.25, 0.3) is 5.91 Å². The summed E-state index contributed by atoms with van der Waals surface area (Å²) in [5.41, 5.74) is 0.150. The molecule has 0 aromatic heterocycles. The van der Waals surface area contributed by atoms with Gasteiger partial charge in [-0.05, 0) is 18.2 Å². The third kappa shape index (κ3) is 5.35. The van der Waals surface area contributed by atoms with Crippen LogP contribution in [-0.2, 0) is 9.53 Å². The molecule has 1 rings (SSSR count). The van der Waals surface area contributed by atoms with Gasteiger partial charge in [-0.2, -0.15) is 0 Å². The molecular weight excluding hydrogens is 321 g/mol. The molecule has 0 heterocycles. The van der Waals surface area contributed by atoms with Crippen LogP contribution < -0.4 is 5.32 Å². The predicted octanol–water partition coefficient (Wildman–Crippen LogP) is 1.81. The first-order valence-electron chi connectivity index (χ1n) is 5.41. The molecule has 1 amide bonds. The zero-order valence-electron chi connectivity index (χ0n) is 10.2. The summed E-state index contributed by atoms with van der Waals surface area (Å²) in [4.78, 5) is 22.3. The molecule has 0 aliphatic rings. The molecule has 1 unspecified atom stereocenters. The van der Waals surface area contributed by atoms with Gasteiger partial charge in [0, 0.05) is 23.7 Å². The minimum Gasteiger partial charge on any atom is -0.481 e. The molecule has 104 valence electrons. The fraction of sp³-hybridized carbons (Fsp3) is 0.333. The molecule has 0 radical (unpaired) electrons. The fourth-order valence-electron chi connectivity index (χ4n) is 1.43. The second-order valence-corrected chi connectivity index (χ2v) is 4.74. The van der Waals surface area contributed by atoms with E-state index in [1.165, 1.54) is 19.2 Å². The van der Waals surface area contributed by atoms with E-state index in [4.69, 9.17) is 9.84 Å². The highest BCUT2D eigenvalue weighted by Crippen LogP contribution is 2.14. The molecule has 0 aliphatic heterocycles. The number of nitrogens with one attached hydrogen (secondary N) is 1. The Labute approximate surface area is 117 Å². The largest absolute Gasteiger partial charge is 0.481 e. The summed E-state index contributed by atoms with van der Waals surface area (Å²) < 4.78 is 18.5. The topological polar surface area (TPSA) is 75.6 Å². The van der Waals surface area contributed by atoms with E-state index in [0.29, 0.717) is 4.47 Å². The summed E-state index contributed by atoms with van der Waals surface area (Å²) in [6.07, 6.45) is -0.845. The summed E-state index contributed by atoms with van der Waals surface area (Å²) in [5.74, 6) is -2.05. The molecule has 0 spiro atoms. The molecule has 0 bridgehead atoms. The van der Waals surface area contributed by atoms with E-state index in [1.54, 1.807) is 0 Å². The first-order chi connectivity index (χ1) is 8.92. The summed E-state index contributed by atoms with van der Waals surface area (Å²) >= 11 is 3.09. The van der Waals surface area contributed by atoms with Gasteiger partial charge in [-0.25, -0.2) is 4.39 Å². The monoisotopic (exact) mass is 333 g/mol. The van der Waals surface area contributed by atoms with E-state index in [0.717, 1.165) is 6.07 Å². The Morgan fingerprint density at radius 1 is 1.47 bits per heavy atom. The van der Waals surface area contributed by atoms with Crippen LogP contribution in [0.15, 0.2) is 22.7 Å². The van der Waals surface area contributed by atoms with Crippen molar-refractivity contribution in [3.05, 3.63) is 34.1 Å². The number of ether oxygens (including phenoxy) is 1. The molecule has 1 aromatic carbocycles. The van der Waals surface area contributed by atoms with E-state index in [9.17, 15) is 14.0 Å². The van der Waals surface area contributed by atoms with Crippen LogP contribution in [0, 0.1) is 5.82 Å². The molecule has 0 fully saturated rings. The van der Waals surface area contributed by atoms with Crippen molar-refractivity contribution in [2.45, 2.75) is 12.5 Å². The highest BCUT2D eigenvalue weighted by atomic mass is 79.9. The minimum atomic E-state index is -1.02. The quantitative estimate of drug-likeness (QED) is 0.832. The Kier molecular flexibility index (Phi) is 5.91. The van der Waals surface area contributed by atoms with Crippen molar-refractivity contribution >= 4 is 27.8 Å². The van der Waals surface area contributed by atoms with Crippen LogP contribution >= 0.6 is 15.9 Å². The predicted molar refractivity (Wildman–Crippen MR) is 69.5 cm³/mol. The second-order valence-electron chi connectivity index (χ2n) is 3.82. The van der Waals surface area contributed by atoms with Gasteiger partial charge < -0.3 is 15.2 Å². The highest BCUT2D eigenvalue weighted by molar-refractivity contribution is 9.10. The van der Waals surface area contributed by atoms with Crippen LogP contribution in [0.5, 0.6) is 0 Å². The van der Waals surface area contributed by atoms with E-state index in [2.05, 4.69) is 21.2 Å². The number of hydrogen-bond acceptors (Lipinski definition) is 3. The third-order valence-electron chi connectivity index (χ3n) is 2.35. The van der Waals surface area contributed by atoms with Gasteiger partial charge in [0.05, 0.1) is 12.5 Å². The first kappa shape index (κ1) is 15.6. The van der Waals surface area contributed by atoms with Gasteiger partial charge in [-0.1, -0.05) is 15.9 Å². The SMILES string of the molecule is COC(CNC(=O)c1cc(F)cc(Br)c1)CC(=O)O. The number of amides is 1. The van der Waals surface area contributed by atoms with E-state index in [1.807, 2.05) is 0 Å². The average Bonchev–Trinajstić information content (AvgIpc) is 2.32. The van der Waals surface area contributed by atoms with Gasteiger partial charge >= 0.3 is 5.97 Å². The maximum atomic E-state index is 13.1. The van der Waals surface area contributed by atoms with Crippen molar-refractivity contribution in [2.24, 2.45) is 0 Å². The molecule has 0 aliphatic carbocycles. The first-order valence-corrected chi connectivity index (χ1v) is 6.20. The lowest BCUT2D eigenvalue weighted by molar-refractivity contribution is -0.139. The number of benzene rings is 1. The van der Waals surface area contributed by atoms with Crippen molar-refractivity contribution < 1.29 is 23.8 Å². The molecule has 2 N–H and O–H groups in total. The van der Waals surface area contributed by atoms with Crippen LogP contribution in [-0.4, -0.2) is 36.7 Å². The lowest BCUT2D eigenvalue weighted by atomic mass is 10.2. The van der Waals surface area contributed by atoms with E-state index >= 15 is 0 Å². The summed E-state index contributed by atoms with van der Waals surface area (Å²) in [6.45, 7) is 0.0375.